The minimum atomic E-state index is -5.17. The fourth-order valence-electron chi connectivity index (χ4n) is 4.36. The van der Waals surface area contributed by atoms with E-state index in [9.17, 15) is 22.8 Å². The number of rotatable bonds is 1. The van der Waals surface area contributed by atoms with Gasteiger partial charge in [0.25, 0.3) is 0 Å². The number of Topliss-reactive ketones (excluding diaryl/α,β-unsaturated/α-hetero) is 1. The zero-order chi connectivity index (χ0) is 23.4. The third kappa shape index (κ3) is 3.99. The van der Waals surface area contributed by atoms with Crippen LogP contribution in [0.2, 0.25) is 10.0 Å². The van der Waals surface area contributed by atoms with Gasteiger partial charge in [0.2, 0.25) is 0 Å². The van der Waals surface area contributed by atoms with Crippen LogP contribution in [0.5, 0.6) is 0 Å². The van der Waals surface area contributed by atoms with Gasteiger partial charge in [0.05, 0.1) is 17.4 Å². The van der Waals surface area contributed by atoms with Crippen LogP contribution in [0.1, 0.15) is 38.3 Å². The third-order valence-corrected chi connectivity index (χ3v) is 6.18. The summed E-state index contributed by atoms with van der Waals surface area (Å²) in [6, 6.07) is 9.12. The Morgan fingerprint density at radius 3 is 2.47 bits per heavy atom. The Labute approximate surface area is 193 Å². The van der Waals surface area contributed by atoms with Gasteiger partial charge in [-0.2, -0.15) is 13.2 Å². The van der Waals surface area contributed by atoms with Gasteiger partial charge in [0, 0.05) is 27.7 Å². The van der Waals surface area contributed by atoms with Gasteiger partial charge in [-0.3, -0.25) is 14.5 Å². The number of amides is 1. The Kier molecular flexibility index (Phi) is 5.54. The molecule has 1 atom stereocenters. The molecule has 1 amide bonds. The first-order chi connectivity index (χ1) is 14.9. The Morgan fingerprint density at radius 1 is 1.12 bits per heavy atom. The second kappa shape index (κ2) is 7.81. The van der Waals surface area contributed by atoms with Gasteiger partial charge in [-0.05, 0) is 41.7 Å². The summed E-state index contributed by atoms with van der Waals surface area (Å²) < 4.78 is 41.4. The van der Waals surface area contributed by atoms with Crippen LogP contribution in [-0.4, -0.2) is 17.9 Å². The highest BCUT2D eigenvalue weighted by atomic mass is 35.5. The Morgan fingerprint density at radius 2 is 1.81 bits per heavy atom. The van der Waals surface area contributed by atoms with Crippen LogP contribution in [-0.2, 0) is 9.59 Å². The molecule has 0 saturated heterocycles. The summed E-state index contributed by atoms with van der Waals surface area (Å²) in [5.41, 5.74) is 0.666. The number of ketones is 1. The van der Waals surface area contributed by atoms with Crippen molar-refractivity contribution in [2.75, 3.05) is 10.2 Å². The number of nitrogens with zero attached hydrogens (tertiary/aromatic N) is 1. The average Bonchev–Trinajstić information content (AvgIpc) is 2.80. The van der Waals surface area contributed by atoms with Gasteiger partial charge in [-0.1, -0.05) is 55.2 Å². The number of halogens is 5. The van der Waals surface area contributed by atoms with Gasteiger partial charge >= 0.3 is 12.1 Å². The molecule has 0 saturated carbocycles. The summed E-state index contributed by atoms with van der Waals surface area (Å²) in [5, 5.41) is 3.49. The van der Waals surface area contributed by atoms with Crippen molar-refractivity contribution in [2.24, 2.45) is 5.41 Å². The number of benzene rings is 2. The van der Waals surface area contributed by atoms with Crippen molar-refractivity contribution in [1.29, 1.82) is 0 Å². The first-order valence-electron chi connectivity index (χ1n) is 9.87. The van der Waals surface area contributed by atoms with Crippen LogP contribution >= 0.6 is 23.2 Å². The summed E-state index contributed by atoms with van der Waals surface area (Å²) in [4.78, 5) is 26.7. The Balaban J connectivity index is 2.07. The first kappa shape index (κ1) is 22.7. The molecule has 2 aromatic rings. The van der Waals surface area contributed by atoms with Gasteiger partial charge in [-0.25, -0.2) is 0 Å². The average molecular weight is 483 g/mol. The third-order valence-electron chi connectivity index (χ3n) is 5.62. The lowest BCUT2D eigenvalue weighted by molar-refractivity contribution is -0.170. The maximum Gasteiger partial charge on any atom is 0.471 e. The van der Waals surface area contributed by atoms with Crippen molar-refractivity contribution in [1.82, 2.24) is 0 Å². The van der Waals surface area contributed by atoms with E-state index in [-0.39, 0.29) is 39.1 Å². The van der Waals surface area contributed by atoms with E-state index in [2.05, 4.69) is 5.32 Å². The molecule has 0 radical (unpaired) electrons. The van der Waals surface area contributed by atoms with Crippen molar-refractivity contribution in [3.63, 3.8) is 0 Å². The number of anilines is 2. The summed E-state index contributed by atoms with van der Waals surface area (Å²) in [6.07, 6.45) is -4.63. The molecule has 0 bridgehead atoms. The SMILES string of the molecule is CC1(C)CC(=O)C2=C(C1)Nc1ccccc1N(C(=O)C(F)(F)F)[C@@H]2c1ccc(Cl)cc1Cl. The van der Waals surface area contributed by atoms with Crippen molar-refractivity contribution in [3.8, 4) is 0 Å². The van der Waals surface area contributed by atoms with Crippen molar-refractivity contribution in [2.45, 2.75) is 38.9 Å². The zero-order valence-electron chi connectivity index (χ0n) is 17.2. The van der Waals surface area contributed by atoms with Gasteiger partial charge in [-0.15, -0.1) is 0 Å². The smallest absolute Gasteiger partial charge is 0.357 e. The molecule has 4 nitrogen and oxygen atoms in total. The quantitative estimate of drug-likeness (QED) is 0.491. The number of hydrogen-bond acceptors (Lipinski definition) is 3. The molecular weight excluding hydrogens is 464 g/mol. The normalized spacial score (nSPS) is 20.3. The monoisotopic (exact) mass is 482 g/mol. The van der Waals surface area contributed by atoms with Crippen LogP contribution in [0.25, 0.3) is 0 Å². The summed E-state index contributed by atoms with van der Waals surface area (Å²) >= 11 is 12.4. The minimum absolute atomic E-state index is 0.00541. The molecule has 2 aliphatic rings. The fraction of sp³-hybridized carbons (Fsp3) is 0.304. The molecule has 32 heavy (non-hydrogen) atoms. The number of hydrogen-bond donors (Lipinski definition) is 1. The zero-order valence-corrected chi connectivity index (χ0v) is 18.7. The number of nitrogens with one attached hydrogen (secondary N) is 1. The van der Waals surface area contributed by atoms with Gasteiger partial charge < -0.3 is 5.32 Å². The highest BCUT2D eigenvalue weighted by molar-refractivity contribution is 6.35. The topological polar surface area (TPSA) is 49.4 Å². The molecule has 1 aliphatic heterocycles. The molecule has 0 fully saturated rings. The lowest BCUT2D eigenvalue weighted by atomic mass is 9.73. The predicted molar refractivity (Wildman–Crippen MR) is 118 cm³/mol. The molecular formula is C23H19Cl2F3N2O2. The molecule has 1 heterocycles. The maximum atomic E-state index is 13.8. The molecule has 4 rings (SSSR count). The van der Waals surface area contributed by atoms with E-state index in [1.54, 1.807) is 12.1 Å². The number of allylic oxidation sites excluding steroid dienone is 1. The summed E-state index contributed by atoms with van der Waals surface area (Å²) in [5.74, 6) is -2.43. The largest absolute Gasteiger partial charge is 0.471 e. The molecule has 1 N–H and O–H groups in total. The Hall–Kier alpha value is -2.51. The van der Waals surface area contributed by atoms with E-state index < -0.39 is 23.5 Å². The molecule has 9 heteroatoms. The maximum absolute atomic E-state index is 13.8. The van der Waals surface area contributed by atoms with E-state index in [0.29, 0.717) is 22.7 Å². The standard InChI is InChI=1S/C23H19Cl2F3N2O2/c1-22(2)10-16-19(18(31)11-22)20(13-8-7-12(24)9-14(13)25)30(21(32)23(26,27)28)17-6-4-3-5-15(17)29-16/h3-9,20,29H,10-11H2,1-2H3/t20-/m1/s1. The number of carbonyl (C=O) groups excluding carboxylic acids is 2. The van der Waals surface area contributed by atoms with E-state index >= 15 is 0 Å². The predicted octanol–water partition coefficient (Wildman–Crippen LogP) is 6.70. The van der Waals surface area contributed by atoms with E-state index in [0.717, 1.165) is 0 Å². The van der Waals surface area contributed by atoms with Crippen molar-refractivity contribution in [3.05, 3.63) is 69.3 Å². The van der Waals surface area contributed by atoms with Crippen molar-refractivity contribution >= 4 is 46.3 Å². The minimum Gasteiger partial charge on any atom is -0.357 e. The summed E-state index contributed by atoms with van der Waals surface area (Å²) in [7, 11) is 0. The summed E-state index contributed by atoms with van der Waals surface area (Å²) in [6.45, 7) is 3.83. The first-order valence-corrected chi connectivity index (χ1v) is 10.6. The van der Waals surface area contributed by atoms with Gasteiger partial charge in [0.15, 0.2) is 5.78 Å². The van der Waals surface area contributed by atoms with E-state index in [1.165, 1.54) is 30.3 Å². The lowest BCUT2D eigenvalue weighted by Crippen LogP contribution is -2.45. The van der Waals surface area contributed by atoms with Crippen LogP contribution in [0, 0.1) is 5.41 Å². The van der Waals surface area contributed by atoms with Crippen LogP contribution in [0.3, 0.4) is 0 Å². The molecule has 1 aliphatic carbocycles. The molecule has 0 aromatic heterocycles. The number of alkyl halides is 3. The molecule has 0 spiro atoms. The van der Waals surface area contributed by atoms with Crippen LogP contribution in [0.15, 0.2) is 53.7 Å². The van der Waals surface area contributed by atoms with E-state index in [1.807, 2.05) is 13.8 Å². The highest BCUT2D eigenvalue weighted by Gasteiger charge is 2.50. The molecule has 2 aromatic carbocycles. The van der Waals surface area contributed by atoms with Crippen LogP contribution in [0.4, 0.5) is 24.5 Å². The molecule has 0 unspecified atom stereocenters. The van der Waals surface area contributed by atoms with Crippen LogP contribution < -0.4 is 10.2 Å². The second-order valence-electron chi connectivity index (χ2n) is 8.72. The number of fused-ring (bicyclic) bond motifs is 1. The Bertz CT molecular complexity index is 1160. The fourth-order valence-corrected chi connectivity index (χ4v) is 4.88. The van der Waals surface area contributed by atoms with E-state index in [4.69, 9.17) is 23.2 Å². The molecule has 168 valence electrons. The number of para-hydroxylation sites is 2. The number of carbonyl (C=O) groups is 2. The van der Waals surface area contributed by atoms with Gasteiger partial charge in [0.1, 0.15) is 0 Å². The van der Waals surface area contributed by atoms with Crippen molar-refractivity contribution < 1.29 is 22.8 Å². The highest BCUT2D eigenvalue weighted by Crippen LogP contribution is 2.50. The lowest BCUT2D eigenvalue weighted by Gasteiger charge is -2.37. The second-order valence-corrected chi connectivity index (χ2v) is 9.56.